The Bertz CT molecular complexity index is 492. The maximum atomic E-state index is 11.6. The molecule has 3 unspecified atom stereocenters. The Morgan fingerprint density at radius 1 is 1.25 bits per heavy atom. The van der Waals surface area contributed by atoms with Gasteiger partial charge in [0.1, 0.15) is 0 Å². The number of carboxylic acid groups (broad SMARTS) is 1. The second kappa shape index (κ2) is 7.57. The van der Waals surface area contributed by atoms with Crippen LogP contribution in [0.15, 0.2) is 30.3 Å². The van der Waals surface area contributed by atoms with Crippen LogP contribution in [-0.4, -0.2) is 36.2 Å². The van der Waals surface area contributed by atoms with E-state index in [9.17, 15) is 14.4 Å². The number of carbonyl (C=O) groups excluding carboxylic acids is 2. The molecule has 8 heteroatoms. The number of benzene rings is 1. The summed E-state index contributed by atoms with van der Waals surface area (Å²) in [5.41, 5.74) is 0.514. The van der Waals surface area contributed by atoms with E-state index in [1.165, 1.54) is 0 Å². The third-order valence-electron chi connectivity index (χ3n) is 2.54. The molecule has 0 aromatic heterocycles. The first-order valence-electron chi connectivity index (χ1n) is 5.53. The van der Waals surface area contributed by atoms with Crippen molar-refractivity contribution in [3.63, 3.8) is 0 Å². The number of carbonyl (C=O) groups is 3. The zero-order valence-electron chi connectivity index (χ0n) is 10.6. The number of aliphatic carboxylic acids is 1. The van der Waals surface area contributed by atoms with Gasteiger partial charge in [-0.1, -0.05) is 30.3 Å². The molecule has 0 fully saturated rings. The molecule has 0 spiro atoms. The van der Waals surface area contributed by atoms with Crippen LogP contribution < -0.4 is 5.32 Å². The molecular weight excluding hydrogens is 285 g/mol. The molecule has 2 N–H and O–H groups in total. The number of hydrogen-bond donors (Lipinski definition) is 2. The fourth-order valence-electron chi connectivity index (χ4n) is 1.59. The lowest BCUT2D eigenvalue weighted by atomic mass is 9.98. The van der Waals surface area contributed by atoms with E-state index in [-0.39, 0.29) is 0 Å². The van der Waals surface area contributed by atoms with Gasteiger partial charge < -0.3 is 19.7 Å². The molecular formula is C12H14NO6P. The standard InChI is InChI=1S/C12H14NO6P/c1-18-12(17)13-8(7-5-3-2-4-6-7)10(19-20)9(14)11(15)16/h2-6,8,10H,20H2,1H3,(H,13,17)(H,15,16). The normalized spacial score (nSPS) is 13.1. The summed E-state index contributed by atoms with van der Waals surface area (Å²) < 4.78 is 9.32. The Morgan fingerprint density at radius 2 is 1.85 bits per heavy atom. The summed E-state index contributed by atoms with van der Waals surface area (Å²) in [7, 11) is 2.99. The highest BCUT2D eigenvalue weighted by molar-refractivity contribution is 7.10. The SMILES string of the molecule is COC(=O)NC(c1ccccc1)C(OP)C(=O)C(=O)O. The Hall–Kier alpha value is -1.98. The summed E-state index contributed by atoms with van der Waals surface area (Å²) in [5.74, 6) is -2.82. The summed E-state index contributed by atoms with van der Waals surface area (Å²) in [5, 5.41) is 11.2. The Kier molecular flexibility index (Phi) is 6.09. The maximum absolute atomic E-state index is 11.6. The third kappa shape index (κ3) is 4.01. The van der Waals surface area contributed by atoms with Gasteiger partial charge in [-0.05, 0) is 5.56 Å². The van der Waals surface area contributed by atoms with Gasteiger partial charge in [0.15, 0.2) is 6.10 Å². The molecule has 7 nitrogen and oxygen atoms in total. The van der Waals surface area contributed by atoms with Gasteiger partial charge in [-0.15, -0.1) is 0 Å². The first-order valence-corrected chi connectivity index (χ1v) is 6.00. The van der Waals surface area contributed by atoms with Crippen molar-refractivity contribution in [1.82, 2.24) is 5.32 Å². The molecule has 20 heavy (non-hydrogen) atoms. The number of hydrogen-bond acceptors (Lipinski definition) is 5. The number of alkyl carbamates (subject to hydrolysis) is 1. The molecule has 0 bridgehead atoms. The number of ether oxygens (including phenoxy) is 1. The fraction of sp³-hybridized carbons (Fsp3) is 0.250. The van der Waals surface area contributed by atoms with Gasteiger partial charge in [0.2, 0.25) is 0 Å². The van der Waals surface area contributed by atoms with Crippen molar-refractivity contribution < 1.29 is 28.8 Å². The zero-order valence-corrected chi connectivity index (χ0v) is 11.8. The van der Waals surface area contributed by atoms with E-state index in [0.29, 0.717) is 5.56 Å². The summed E-state index contributed by atoms with van der Waals surface area (Å²) in [6.07, 6.45) is -2.19. The van der Waals surface area contributed by atoms with Crippen molar-refractivity contribution in [2.45, 2.75) is 12.1 Å². The first-order chi connectivity index (χ1) is 9.51. The van der Waals surface area contributed by atoms with Crippen LogP contribution in [0.4, 0.5) is 4.79 Å². The first kappa shape index (κ1) is 16.1. The molecule has 0 aliphatic carbocycles. The Labute approximate surface area is 117 Å². The van der Waals surface area contributed by atoms with Crippen LogP contribution in [0.3, 0.4) is 0 Å². The van der Waals surface area contributed by atoms with E-state index >= 15 is 0 Å². The molecule has 1 aromatic rings. The minimum absolute atomic E-state index is 0.514. The van der Waals surface area contributed by atoms with Crippen molar-refractivity contribution in [3.8, 4) is 0 Å². The Morgan fingerprint density at radius 3 is 2.30 bits per heavy atom. The van der Waals surface area contributed by atoms with Crippen molar-refractivity contribution >= 4 is 27.3 Å². The highest BCUT2D eigenvalue weighted by atomic mass is 31.0. The van der Waals surface area contributed by atoms with Crippen molar-refractivity contribution in [2.75, 3.05) is 7.11 Å². The largest absolute Gasteiger partial charge is 0.475 e. The predicted octanol–water partition coefficient (Wildman–Crippen LogP) is 0.913. The second-order valence-corrected chi connectivity index (χ2v) is 4.02. The minimum atomic E-state index is -1.65. The monoisotopic (exact) mass is 299 g/mol. The van der Waals surface area contributed by atoms with Crippen molar-refractivity contribution in [1.29, 1.82) is 0 Å². The van der Waals surface area contributed by atoms with Crippen molar-refractivity contribution in [2.24, 2.45) is 0 Å². The highest BCUT2D eigenvalue weighted by Gasteiger charge is 2.35. The summed E-state index contributed by atoms with van der Waals surface area (Å²) >= 11 is 0. The molecule has 0 aliphatic rings. The van der Waals surface area contributed by atoms with Crippen LogP contribution in [0.25, 0.3) is 0 Å². The van der Waals surface area contributed by atoms with Gasteiger partial charge in [-0.3, -0.25) is 4.79 Å². The molecule has 1 aromatic carbocycles. The van der Waals surface area contributed by atoms with E-state index in [1.807, 2.05) is 9.47 Å². The lowest BCUT2D eigenvalue weighted by Gasteiger charge is -2.24. The van der Waals surface area contributed by atoms with E-state index in [0.717, 1.165) is 7.11 Å². The van der Waals surface area contributed by atoms with Crippen LogP contribution in [0.5, 0.6) is 0 Å². The third-order valence-corrected chi connectivity index (χ3v) is 2.83. The number of carboxylic acids is 1. The van der Waals surface area contributed by atoms with Crippen LogP contribution in [0, 0.1) is 0 Å². The molecule has 1 rings (SSSR count). The molecule has 0 radical (unpaired) electrons. The molecule has 0 aliphatic heterocycles. The molecule has 0 heterocycles. The van der Waals surface area contributed by atoms with Gasteiger partial charge >= 0.3 is 12.1 Å². The summed E-state index contributed by atoms with van der Waals surface area (Å²) in [6.45, 7) is 0. The lowest BCUT2D eigenvalue weighted by molar-refractivity contribution is -0.152. The van der Waals surface area contributed by atoms with Crippen LogP contribution >= 0.6 is 9.47 Å². The lowest BCUT2D eigenvalue weighted by Crippen LogP contribution is -2.43. The summed E-state index contributed by atoms with van der Waals surface area (Å²) in [6, 6.07) is 7.40. The maximum Gasteiger partial charge on any atom is 0.407 e. The van der Waals surface area contributed by atoms with E-state index in [1.54, 1.807) is 30.3 Å². The van der Waals surface area contributed by atoms with Gasteiger partial charge in [0, 0.05) is 9.47 Å². The van der Waals surface area contributed by atoms with Gasteiger partial charge in [-0.2, -0.15) is 0 Å². The smallest absolute Gasteiger partial charge is 0.407 e. The topological polar surface area (TPSA) is 102 Å². The quantitative estimate of drug-likeness (QED) is 0.598. The van der Waals surface area contributed by atoms with Crippen LogP contribution in [-0.2, 0) is 18.8 Å². The molecule has 1 amide bonds. The average Bonchev–Trinajstić information content (AvgIpc) is 2.47. The molecule has 0 saturated heterocycles. The average molecular weight is 299 g/mol. The van der Waals surface area contributed by atoms with Crippen LogP contribution in [0.2, 0.25) is 0 Å². The molecule has 0 saturated carbocycles. The van der Waals surface area contributed by atoms with E-state index < -0.39 is 30.0 Å². The minimum Gasteiger partial charge on any atom is -0.475 e. The van der Waals surface area contributed by atoms with E-state index in [2.05, 4.69) is 10.1 Å². The number of methoxy groups -OCH3 is 1. The molecule has 3 atom stereocenters. The molecule has 108 valence electrons. The zero-order chi connectivity index (χ0) is 15.1. The Balaban J connectivity index is 3.11. The second-order valence-electron chi connectivity index (χ2n) is 3.75. The predicted molar refractivity (Wildman–Crippen MR) is 71.9 cm³/mol. The van der Waals surface area contributed by atoms with Crippen LogP contribution in [0.1, 0.15) is 11.6 Å². The number of ketones is 1. The fourth-order valence-corrected chi connectivity index (χ4v) is 1.87. The van der Waals surface area contributed by atoms with Gasteiger partial charge in [0.05, 0.1) is 13.2 Å². The number of nitrogens with one attached hydrogen (secondary N) is 1. The van der Waals surface area contributed by atoms with E-state index in [4.69, 9.17) is 9.63 Å². The number of rotatable bonds is 6. The van der Waals surface area contributed by atoms with Gasteiger partial charge in [0.25, 0.3) is 5.78 Å². The van der Waals surface area contributed by atoms with Crippen molar-refractivity contribution in [3.05, 3.63) is 35.9 Å². The summed E-state index contributed by atoms with van der Waals surface area (Å²) in [4.78, 5) is 33.8. The van der Waals surface area contributed by atoms with Gasteiger partial charge in [-0.25, -0.2) is 9.59 Å². The number of amides is 1. The highest BCUT2D eigenvalue weighted by Crippen LogP contribution is 2.22. The number of Topliss-reactive ketones (excluding diaryl/α,β-unsaturated/α-hetero) is 1.